The van der Waals surface area contributed by atoms with Crippen LogP contribution in [0.5, 0.6) is 5.75 Å². The van der Waals surface area contributed by atoms with Gasteiger partial charge in [0.25, 0.3) is 0 Å². The summed E-state index contributed by atoms with van der Waals surface area (Å²) in [5.74, 6) is 2.35. The molecular weight excluding hydrogens is 388 g/mol. The van der Waals surface area contributed by atoms with Gasteiger partial charge in [-0.25, -0.2) is 4.98 Å². The lowest BCUT2D eigenvalue weighted by atomic mass is 10.1. The highest BCUT2D eigenvalue weighted by atomic mass is 16.5. The Morgan fingerprint density at radius 3 is 2.45 bits per heavy atom. The van der Waals surface area contributed by atoms with Gasteiger partial charge in [-0.15, -0.1) is 0 Å². The lowest BCUT2D eigenvalue weighted by Crippen LogP contribution is -2.25. The fraction of sp³-hybridized carbons (Fsp3) is 0.423. The van der Waals surface area contributed by atoms with Crippen molar-refractivity contribution < 1.29 is 13.9 Å². The molecule has 1 N–H and O–H groups in total. The molecule has 0 fully saturated rings. The third-order valence-corrected chi connectivity index (χ3v) is 5.10. The number of rotatable bonds is 12. The van der Waals surface area contributed by atoms with Crippen LogP contribution in [0.15, 0.2) is 59.0 Å². The molecule has 0 amide bonds. The summed E-state index contributed by atoms with van der Waals surface area (Å²) in [6, 6.07) is 18.7. The van der Waals surface area contributed by atoms with Crippen LogP contribution >= 0.6 is 0 Å². The molecule has 0 aliphatic heterocycles. The number of benzene rings is 2. The third-order valence-electron chi connectivity index (χ3n) is 5.10. The highest BCUT2D eigenvalue weighted by molar-refractivity contribution is 5.53. The van der Waals surface area contributed by atoms with Crippen LogP contribution in [0.2, 0.25) is 0 Å². The second kappa shape index (κ2) is 11.7. The number of nitrogens with one attached hydrogen (secondary N) is 1. The van der Waals surface area contributed by atoms with Crippen LogP contribution in [0.25, 0.3) is 11.5 Å². The predicted octanol–water partition coefficient (Wildman–Crippen LogP) is 5.74. The van der Waals surface area contributed by atoms with Gasteiger partial charge in [0.15, 0.2) is 0 Å². The van der Waals surface area contributed by atoms with E-state index >= 15 is 0 Å². The first kappa shape index (κ1) is 23.0. The average molecular weight is 423 g/mol. The van der Waals surface area contributed by atoms with E-state index in [9.17, 15) is 0 Å². The maximum atomic E-state index is 5.95. The van der Waals surface area contributed by atoms with Crippen LogP contribution in [-0.4, -0.2) is 30.8 Å². The first-order valence-electron chi connectivity index (χ1n) is 11.2. The van der Waals surface area contributed by atoms with E-state index in [0.29, 0.717) is 31.6 Å². The van der Waals surface area contributed by atoms with Gasteiger partial charge in [0.2, 0.25) is 5.89 Å². The van der Waals surface area contributed by atoms with Crippen LogP contribution in [-0.2, 0) is 11.2 Å². The molecule has 0 bridgehead atoms. The van der Waals surface area contributed by atoms with E-state index in [2.05, 4.69) is 36.3 Å². The minimum absolute atomic E-state index is 0.0967. The van der Waals surface area contributed by atoms with Crippen molar-refractivity contribution in [1.29, 1.82) is 0 Å². The molecule has 31 heavy (non-hydrogen) atoms. The maximum Gasteiger partial charge on any atom is 0.226 e. The SMILES string of the molecule is CCOC(CCNC(C)C)c1ccc(OCCc2nc(-c3ccccc3)oc2C)cc1. The van der Waals surface area contributed by atoms with E-state index in [4.69, 9.17) is 13.9 Å². The third kappa shape index (κ3) is 6.94. The van der Waals surface area contributed by atoms with Crippen LogP contribution in [0, 0.1) is 6.92 Å². The van der Waals surface area contributed by atoms with Gasteiger partial charge < -0.3 is 19.2 Å². The molecule has 3 rings (SSSR count). The molecule has 0 saturated carbocycles. The van der Waals surface area contributed by atoms with E-state index in [1.54, 1.807) is 0 Å². The molecule has 3 aromatic rings. The Kier molecular flexibility index (Phi) is 8.68. The average Bonchev–Trinajstić information content (AvgIpc) is 3.15. The fourth-order valence-corrected chi connectivity index (χ4v) is 3.46. The Morgan fingerprint density at radius 2 is 1.77 bits per heavy atom. The zero-order chi connectivity index (χ0) is 22.1. The molecule has 1 atom stereocenters. The number of aryl methyl sites for hydroxylation is 1. The molecular formula is C26H34N2O3. The molecule has 166 valence electrons. The summed E-state index contributed by atoms with van der Waals surface area (Å²) in [5, 5.41) is 3.46. The molecule has 0 radical (unpaired) electrons. The minimum Gasteiger partial charge on any atom is -0.493 e. The summed E-state index contributed by atoms with van der Waals surface area (Å²) in [5.41, 5.74) is 3.10. The Morgan fingerprint density at radius 1 is 1.03 bits per heavy atom. The highest BCUT2D eigenvalue weighted by Crippen LogP contribution is 2.24. The van der Waals surface area contributed by atoms with E-state index < -0.39 is 0 Å². The molecule has 0 saturated heterocycles. The van der Waals surface area contributed by atoms with Crippen LogP contribution in [0.4, 0.5) is 0 Å². The molecule has 1 unspecified atom stereocenters. The lowest BCUT2D eigenvalue weighted by molar-refractivity contribution is 0.0560. The molecule has 0 aliphatic carbocycles. The van der Waals surface area contributed by atoms with Crippen molar-refractivity contribution in [3.8, 4) is 17.2 Å². The van der Waals surface area contributed by atoms with Crippen LogP contribution < -0.4 is 10.1 Å². The molecule has 5 heteroatoms. The molecule has 1 aromatic heterocycles. The molecule has 0 aliphatic rings. The normalized spacial score (nSPS) is 12.3. The smallest absolute Gasteiger partial charge is 0.226 e. The van der Waals surface area contributed by atoms with Gasteiger partial charge in [-0.3, -0.25) is 0 Å². The summed E-state index contributed by atoms with van der Waals surface area (Å²) in [7, 11) is 0. The van der Waals surface area contributed by atoms with Gasteiger partial charge >= 0.3 is 0 Å². The number of nitrogens with zero attached hydrogens (tertiary/aromatic N) is 1. The number of hydrogen-bond donors (Lipinski definition) is 1. The maximum absolute atomic E-state index is 5.95. The van der Waals surface area contributed by atoms with Crippen molar-refractivity contribution >= 4 is 0 Å². The van der Waals surface area contributed by atoms with Crippen LogP contribution in [0.1, 0.15) is 50.3 Å². The predicted molar refractivity (Wildman–Crippen MR) is 124 cm³/mol. The summed E-state index contributed by atoms with van der Waals surface area (Å²) >= 11 is 0. The van der Waals surface area contributed by atoms with Gasteiger partial charge in [0.05, 0.1) is 18.4 Å². The Hall–Kier alpha value is -2.63. The number of aromatic nitrogens is 1. The number of ether oxygens (including phenoxy) is 2. The van der Waals surface area contributed by atoms with Crippen molar-refractivity contribution in [2.45, 2.75) is 52.7 Å². The first-order chi connectivity index (χ1) is 15.1. The Balaban J connectivity index is 1.52. The lowest BCUT2D eigenvalue weighted by Gasteiger charge is -2.19. The molecule has 1 heterocycles. The first-order valence-corrected chi connectivity index (χ1v) is 11.2. The van der Waals surface area contributed by atoms with Gasteiger partial charge in [0, 0.05) is 24.6 Å². The highest BCUT2D eigenvalue weighted by Gasteiger charge is 2.13. The van der Waals surface area contributed by atoms with E-state index in [1.807, 2.05) is 56.3 Å². The molecule has 0 spiro atoms. The fourth-order valence-electron chi connectivity index (χ4n) is 3.46. The van der Waals surface area contributed by atoms with Crippen molar-refractivity contribution in [3.63, 3.8) is 0 Å². The number of hydrogen-bond acceptors (Lipinski definition) is 5. The Labute approximate surface area is 185 Å². The van der Waals surface area contributed by atoms with Crippen molar-refractivity contribution in [2.75, 3.05) is 19.8 Å². The zero-order valence-corrected chi connectivity index (χ0v) is 19.1. The number of oxazole rings is 1. The molecule has 2 aromatic carbocycles. The van der Waals surface area contributed by atoms with Gasteiger partial charge in [0.1, 0.15) is 11.5 Å². The topological polar surface area (TPSA) is 56.5 Å². The Bertz CT molecular complexity index is 904. The monoisotopic (exact) mass is 422 g/mol. The summed E-state index contributed by atoms with van der Waals surface area (Å²) < 4.78 is 17.7. The van der Waals surface area contributed by atoms with Gasteiger partial charge in [-0.2, -0.15) is 0 Å². The largest absolute Gasteiger partial charge is 0.493 e. The van der Waals surface area contributed by atoms with E-state index in [-0.39, 0.29) is 6.10 Å². The van der Waals surface area contributed by atoms with Gasteiger partial charge in [-0.1, -0.05) is 44.2 Å². The second-order valence-corrected chi connectivity index (χ2v) is 7.90. The van der Waals surface area contributed by atoms with Crippen molar-refractivity contribution in [3.05, 3.63) is 71.6 Å². The second-order valence-electron chi connectivity index (χ2n) is 7.90. The summed E-state index contributed by atoms with van der Waals surface area (Å²) in [6.07, 6.45) is 1.74. The minimum atomic E-state index is 0.0967. The summed E-state index contributed by atoms with van der Waals surface area (Å²) in [6.45, 7) is 10.5. The summed E-state index contributed by atoms with van der Waals surface area (Å²) in [4.78, 5) is 4.64. The van der Waals surface area contributed by atoms with E-state index in [0.717, 1.165) is 35.7 Å². The zero-order valence-electron chi connectivity index (χ0n) is 19.1. The van der Waals surface area contributed by atoms with Gasteiger partial charge in [-0.05, 0) is 56.6 Å². The quantitative estimate of drug-likeness (QED) is 0.403. The van der Waals surface area contributed by atoms with E-state index in [1.165, 1.54) is 5.56 Å². The van der Waals surface area contributed by atoms with Crippen molar-refractivity contribution in [2.24, 2.45) is 0 Å². The molecule has 5 nitrogen and oxygen atoms in total. The standard InChI is InChI=1S/C26H34N2O3/c1-5-29-25(15-17-27-19(2)3)21-11-13-23(14-12-21)30-18-16-24-20(4)31-26(28-24)22-9-7-6-8-10-22/h6-14,19,25,27H,5,15-18H2,1-4H3. The van der Waals surface area contributed by atoms with Crippen molar-refractivity contribution in [1.82, 2.24) is 10.3 Å². The van der Waals surface area contributed by atoms with Crippen LogP contribution in [0.3, 0.4) is 0 Å².